The zero-order chi connectivity index (χ0) is 20.7. The standard InChI is InChI=1S/C23H18FN3O2/c1-13-6-14(2)22(16(7-13)10-25)19-8-17(15(3)11-26-19)12-27-20-5-4-18(24)9-21(20)29-23(27)28/h4-9,11H,12H2,1-3H3. The lowest BCUT2D eigenvalue weighted by molar-refractivity contribution is 0.515. The van der Waals surface area contributed by atoms with Gasteiger partial charge in [-0.3, -0.25) is 9.55 Å². The Bertz CT molecular complexity index is 1360. The Hall–Kier alpha value is -3.72. The lowest BCUT2D eigenvalue weighted by Crippen LogP contribution is -2.15. The molecule has 0 amide bonds. The molecule has 0 radical (unpaired) electrons. The van der Waals surface area contributed by atoms with Crippen LogP contribution in [0.25, 0.3) is 22.4 Å². The van der Waals surface area contributed by atoms with Crippen molar-refractivity contribution in [2.24, 2.45) is 0 Å². The largest absolute Gasteiger partial charge is 0.420 e. The predicted molar refractivity (Wildman–Crippen MR) is 108 cm³/mol. The molecule has 2 aromatic carbocycles. The first-order chi connectivity index (χ1) is 13.9. The third-order valence-corrected chi connectivity index (χ3v) is 5.03. The predicted octanol–water partition coefficient (Wildman–Crippen LogP) is 4.64. The molecule has 144 valence electrons. The van der Waals surface area contributed by atoms with Crippen LogP contribution in [-0.2, 0) is 6.54 Å². The molecule has 0 aliphatic heterocycles. The summed E-state index contributed by atoms with van der Waals surface area (Å²) in [4.78, 5) is 16.9. The number of oxazole rings is 1. The summed E-state index contributed by atoms with van der Waals surface area (Å²) in [6.07, 6.45) is 1.73. The molecule has 0 N–H and O–H groups in total. The quantitative estimate of drug-likeness (QED) is 0.513. The molecule has 4 rings (SSSR count). The summed E-state index contributed by atoms with van der Waals surface area (Å²) in [5, 5.41) is 9.57. The van der Waals surface area contributed by atoms with E-state index in [0.29, 0.717) is 16.8 Å². The third kappa shape index (κ3) is 3.32. The van der Waals surface area contributed by atoms with Crippen molar-refractivity contribution in [3.63, 3.8) is 0 Å². The van der Waals surface area contributed by atoms with E-state index in [1.165, 1.54) is 22.8 Å². The molecule has 0 bridgehead atoms. The second-order valence-electron chi connectivity index (χ2n) is 7.18. The smallest absolute Gasteiger partial charge is 0.408 e. The normalized spacial score (nSPS) is 11.0. The minimum absolute atomic E-state index is 0.211. The minimum Gasteiger partial charge on any atom is -0.408 e. The lowest BCUT2D eigenvalue weighted by atomic mass is 9.95. The maximum absolute atomic E-state index is 13.4. The van der Waals surface area contributed by atoms with Crippen LogP contribution in [0.1, 0.15) is 27.8 Å². The van der Waals surface area contributed by atoms with E-state index in [2.05, 4.69) is 11.1 Å². The van der Waals surface area contributed by atoms with Crippen molar-refractivity contribution in [1.29, 1.82) is 5.26 Å². The van der Waals surface area contributed by atoms with E-state index < -0.39 is 11.6 Å². The van der Waals surface area contributed by atoms with Crippen molar-refractivity contribution in [3.8, 4) is 17.3 Å². The molecular weight excluding hydrogens is 369 g/mol. The van der Waals surface area contributed by atoms with Crippen molar-refractivity contribution >= 4 is 11.1 Å². The fraction of sp³-hybridized carbons (Fsp3) is 0.174. The summed E-state index contributed by atoms with van der Waals surface area (Å²) in [5.41, 5.74) is 6.50. The number of rotatable bonds is 3. The van der Waals surface area contributed by atoms with E-state index in [-0.39, 0.29) is 12.1 Å². The van der Waals surface area contributed by atoms with Gasteiger partial charge in [-0.1, -0.05) is 6.07 Å². The van der Waals surface area contributed by atoms with E-state index in [9.17, 15) is 14.4 Å². The monoisotopic (exact) mass is 387 g/mol. The highest BCUT2D eigenvalue weighted by Crippen LogP contribution is 2.29. The zero-order valence-electron chi connectivity index (χ0n) is 16.3. The molecule has 4 aromatic rings. The van der Waals surface area contributed by atoms with E-state index in [1.54, 1.807) is 6.20 Å². The Kier molecular flexibility index (Phi) is 4.51. The average molecular weight is 387 g/mol. The zero-order valence-corrected chi connectivity index (χ0v) is 16.3. The second kappa shape index (κ2) is 7.02. The first-order valence-corrected chi connectivity index (χ1v) is 9.13. The number of fused-ring (bicyclic) bond motifs is 1. The molecule has 0 fully saturated rings. The Morgan fingerprint density at radius 2 is 1.93 bits per heavy atom. The van der Waals surface area contributed by atoms with Gasteiger partial charge in [0.15, 0.2) is 5.58 Å². The number of aromatic nitrogens is 2. The van der Waals surface area contributed by atoms with Gasteiger partial charge in [-0.2, -0.15) is 5.26 Å². The molecule has 0 saturated carbocycles. The summed E-state index contributed by atoms with van der Waals surface area (Å²) in [6.45, 7) is 6.07. The van der Waals surface area contributed by atoms with Crippen LogP contribution >= 0.6 is 0 Å². The highest BCUT2D eigenvalue weighted by atomic mass is 19.1. The van der Waals surface area contributed by atoms with E-state index in [0.717, 1.165) is 27.8 Å². The molecular formula is C23H18FN3O2. The minimum atomic E-state index is -0.549. The molecule has 5 nitrogen and oxygen atoms in total. The van der Waals surface area contributed by atoms with Crippen LogP contribution in [0.5, 0.6) is 0 Å². The molecule has 0 atom stereocenters. The maximum atomic E-state index is 13.4. The topological polar surface area (TPSA) is 71.8 Å². The maximum Gasteiger partial charge on any atom is 0.420 e. The van der Waals surface area contributed by atoms with Gasteiger partial charge in [0.1, 0.15) is 5.82 Å². The number of nitriles is 1. The van der Waals surface area contributed by atoms with Crippen LogP contribution < -0.4 is 5.76 Å². The summed E-state index contributed by atoms with van der Waals surface area (Å²) >= 11 is 0. The Morgan fingerprint density at radius 1 is 1.14 bits per heavy atom. The van der Waals surface area contributed by atoms with Crippen molar-refractivity contribution in [1.82, 2.24) is 9.55 Å². The van der Waals surface area contributed by atoms with Gasteiger partial charge in [0, 0.05) is 17.8 Å². The van der Waals surface area contributed by atoms with Gasteiger partial charge >= 0.3 is 5.76 Å². The SMILES string of the molecule is Cc1cc(C)c(-c2cc(Cn3c(=O)oc4cc(F)ccc43)c(C)cn2)c(C#N)c1. The average Bonchev–Trinajstić information content (AvgIpc) is 2.97. The fourth-order valence-electron chi connectivity index (χ4n) is 3.63. The number of hydrogen-bond donors (Lipinski definition) is 0. The van der Waals surface area contributed by atoms with Crippen LogP contribution in [0.3, 0.4) is 0 Å². The number of pyridine rings is 1. The van der Waals surface area contributed by atoms with E-state index in [4.69, 9.17) is 4.42 Å². The van der Waals surface area contributed by atoms with E-state index in [1.807, 2.05) is 39.0 Å². The van der Waals surface area contributed by atoms with Crippen LogP contribution in [0.2, 0.25) is 0 Å². The molecule has 29 heavy (non-hydrogen) atoms. The second-order valence-corrected chi connectivity index (χ2v) is 7.18. The molecule has 0 unspecified atom stereocenters. The molecule has 6 heteroatoms. The van der Waals surface area contributed by atoms with Crippen molar-refractivity contribution in [3.05, 3.63) is 86.8 Å². The fourth-order valence-corrected chi connectivity index (χ4v) is 3.63. The first-order valence-electron chi connectivity index (χ1n) is 9.13. The van der Waals surface area contributed by atoms with Gasteiger partial charge < -0.3 is 4.42 Å². The molecule has 0 aliphatic carbocycles. The highest BCUT2D eigenvalue weighted by molar-refractivity contribution is 5.74. The van der Waals surface area contributed by atoms with Crippen LogP contribution in [0.15, 0.2) is 51.8 Å². The van der Waals surface area contributed by atoms with Crippen molar-refractivity contribution < 1.29 is 8.81 Å². The van der Waals surface area contributed by atoms with Gasteiger partial charge in [-0.05, 0) is 67.3 Å². The van der Waals surface area contributed by atoms with E-state index >= 15 is 0 Å². The first kappa shape index (κ1) is 18.6. The van der Waals surface area contributed by atoms with Gasteiger partial charge in [0.2, 0.25) is 0 Å². The summed E-state index contributed by atoms with van der Waals surface area (Å²) in [5.74, 6) is -1.01. The number of halogens is 1. The van der Waals surface area contributed by atoms with Gasteiger partial charge in [0.05, 0.1) is 29.4 Å². The van der Waals surface area contributed by atoms with Crippen LogP contribution in [-0.4, -0.2) is 9.55 Å². The molecule has 0 saturated heterocycles. The van der Waals surface area contributed by atoms with Crippen LogP contribution in [0.4, 0.5) is 4.39 Å². The Balaban J connectivity index is 1.84. The Morgan fingerprint density at radius 3 is 2.69 bits per heavy atom. The number of aryl methyl sites for hydroxylation is 3. The van der Waals surface area contributed by atoms with Crippen molar-refractivity contribution in [2.45, 2.75) is 27.3 Å². The number of benzene rings is 2. The molecule has 0 spiro atoms. The number of nitrogens with zero attached hydrogens (tertiary/aromatic N) is 3. The van der Waals surface area contributed by atoms with Crippen LogP contribution in [0, 0.1) is 37.9 Å². The van der Waals surface area contributed by atoms with Gasteiger partial charge in [-0.15, -0.1) is 0 Å². The summed E-state index contributed by atoms with van der Waals surface area (Å²) in [6, 6.07) is 12.0. The third-order valence-electron chi connectivity index (χ3n) is 5.03. The summed E-state index contributed by atoms with van der Waals surface area (Å²) in [7, 11) is 0. The van der Waals surface area contributed by atoms with Crippen molar-refractivity contribution in [2.75, 3.05) is 0 Å². The highest BCUT2D eigenvalue weighted by Gasteiger charge is 2.15. The molecule has 2 aromatic heterocycles. The Labute approximate surface area is 166 Å². The molecule has 2 heterocycles. The van der Waals surface area contributed by atoms with Gasteiger partial charge in [0.25, 0.3) is 0 Å². The lowest BCUT2D eigenvalue weighted by Gasteiger charge is -2.13. The van der Waals surface area contributed by atoms with Gasteiger partial charge in [-0.25, -0.2) is 9.18 Å². The molecule has 0 aliphatic rings. The summed E-state index contributed by atoms with van der Waals surface area (Å²) < 4.78 is 20.1. The number of hydrogen-bond acceptors (Lipinski definition) is 4.